The van der Waals surface area contributed by atoms with Crippen LogP contribution in [0.5, 0.6) is 0 Å². The van der Waals surface area contributed by atoms with Crippen LogP contribution in [0.15, 0.2) is 28.0 Å². The molecule has 0 radical (unpaired) electrons. The molecule has 0 aromatic carbocycles. The number of nitrogens with zero attached hydrogens (tertiary/aromatic N) is 2. The maximum atomic E-state index is 11.8. The maximum absolute atomic E-state index is 11.8. The lowest BCUT2D eigenvalue weighted by atomic mass is 9.94. The van der Waals surface area contributed by atoms with Crippen molar-refractivity contribution >= 4 is 11.5 Å². The summed E-state index contributed by atoms with van der Waals surface area (Å²) in [5.41, 5.74) is 4.18. The molecule has 2 rings (SSSR count). The van der Waals surface area contributed by atoms with E-state index in [9.17, 15) is 4.79 Å². The Morgan fingerprint density at radius 2 is 1.81 bits per heavy atom. The number of allylic oxidation sites excluding steroid dienone is 4. The molecule has 0 unspecified atom stereocenters. The molecule has 1 aliphatic carbocycles. The summed E-state index contributed by atoms with van der Waals surface area (Å²) < 4.78 is 5.44. The zero-order valence-electron chi connectivity index (χ0n) is 13.4. The summed E-state index contributed by atoms with van der Waals surface area (Å²) in [6.45, 7) is 8.95. The van der Waals surface area contributed by atoms with Gasteiger partial charge >= 0.3 is 0 Å². The lowest BCUT2D eigenvalue weighted by Gasteiger charge is -2.34. The first kappa shape index (κ1) is 16.0. The SMILES string of the molecule is CC(=O)/C(=C/C1=C(N2CCOCC2)CCCC1)N=C(C)C. The van der Waals surface area contributed by atoms with E-state index >= 15 is 0 Å². The summed E-state index contributed by atoms with van der Waals surface area (Å²) in [5.74, 6) is 0.0376. The molecule has 0 saturated carbocycles. The summed E-state index contributed by atoms with van der Waals surface area (Å²) in [6.07, 6.45) is 6.59. The average molecular weight is 290 g/mol. The number of ether oxygens (including phenoxy) is 1. The van der Waals surface area contributed by atoms with Gasteiger partial charge in [0.05, 0.1) is 13.2 Å². The van der Waals surface area contributed by atoms with E-state index in [1.165, 1.54) is 24.1 Å². The van der Waals surface area contributed by atoms with Crippen LogP contribution in [0.25, 0.3) is 0 Å². The standard InChI is InChI=1S/C17H26N2O2/c1-13(2)18-16(14(3)20)12-15-6-4-5-7-17(15)19-8-10-21-11-9-19/h12H,4-11H2,1-3H3/b16-12-. The molecular weight excluding hydrogens is 264 g/mol. The van der Waals surface area contributed by atoms with Gasteiger partial charge < -0.3 is 9.64 Å². The van der Waals surface area contributed by atoms with Gasteiger partial charge in [0.25, 0.3) is 0 Å². The lowest BCUT2D eigenvalue weighted by molar-refractivity contribution is -0.113. The third-order valence-electron chi connectivity index (χ3n) is 3.89. The molecule has 1 saturated heterocycles. The number of carbonyl (C=O) groups is 1. The van der Waals surface area contributed by atoms with Gasteiger partial charge in [-0.1, -0.05) is 0 Å². The Kier molecular flexibility index (Phi) is 5.74. The first-order valence-electron chi connectivity index (χ1n) is 7.87. The largest absolute Gasteiger partial charge is 0.378 e. The Balaban J connectivity index is 2.32. The lowest BCUT2D eigenvalue weighted by Crippen LogP contribution is -2.36. The van der Waals surface area contributed by atoms with Crippen LogP contribution in [-0.2, 0) is 9.53 Å². The minimum absolute atomic E-state index is 0.0376. The number of hydrogen-bond donors (Lipinski definition) is 0. The van der Waals surface area contributed by atoms with Crippen LogP contribution < -0.4 is 0 Å². The van der Waals surface area contributed by atoms with Gasteiger partial charge in [0.1, 0.15) is 5.70 Å². The molecule has 1 heterocycles. The molecule has 1 aliphatic heterocycles. The highest BCUT2D eigenvalue weighted by Gasteiger charge is 2.20. The predicted molar refractivity (Wildman–Crippen MR) is 85.4 cm³/mol. The quantitative estimate of drug-likeness (QED) is 0.590. The first-order chi connectivity index (χ1) is 10.1. The molecule has 4 nitrogen and oxygen atoms in total. The van der Waals surface area contributed by atoms with Crippen LogP contribution in [0.4, 0.5) is 0 Å². The minimum atomic E-state index is 0.0376. The summed E-state index contributed by atoms with van der Waals surface area (Å²) in [5, 5.41) is 0. The van der Waals surface area contributed by atoms with E-state index in [1.807, 2.05) is 19.9 Å². The van der Waals surface area contributed by atoms with E-state index in [0.29, 0.717) is 5.70 Å². The zero-order valence-corrected chi connectivity index (χ0v) is 13.4. The van der Waals surface area contributed by atoms with Gasteiger partial charge in [0.2, 0.25) is 0 Å². The zero-order chi connectivity index (χ0) is 15.2. The van der Waals surface area contributed by atoms with Gasteiger partial charge in [-0.05, 0) is 51.2 Å². The molecule has 0 aromatic rings. The number of rotatable bonds is 4. The smallest absolute Gasteiger partial charge is 0.178 e. The van der Waals surface area contributed by atoms with Crippen molar-refractivity contribution in [3.05, 3.63) is 23.0 Å². The number of carbonyl (C=O) groups excluding carboxylic acids is 1. The molecule has 4 heteroatoms. The fraction of sp³-hybridized carbons (Fsp3) is 0.647. The summed E-state index contributed by atoms with van der Waals surface area (Å²) >= 11 is 0. The monoisotopic (exact) mass is 290 g/mol. The molecule has 1 fully saturated rings. The fourth-order valence-corrected chi connectivity index (χ4v) is 2.88. The fourth-order valence-electron chi connectivity index (χ4n) is 2.88. The van der Waals surface area contributed by atoms with E-state index in [0.717, 1.165) is 44.9 Å². The minimum Gasteiger partial charge on any atom is -0.378 e. The number of ketones is 1. The predicted octanol–water partition coefficient (Wildman–Crippen LogP) is 3.10. The number of Topliss-reactive ketones (excluding diaryl/α,β-unsaturated/α-hetero) is 1. The van der Waals surface area contributed by atoms with Crippen LogP contribution in [0.1, 0.15) is 46.5 Å². The molecule has 116 valence electrons. The van der Waals surface area contributed by atoms with Gasteiger partial charge in [-0.3, -0.25) is 9.79 Å². The van der Waals surface area contributed by atoms with Crippen molar-refractivity contribution in [3.63, 3.8) is 0 Å². The Morgan fingerprint density at radius 1 is 1.14 bits per heavy atom. The van der Waals surface area contributed by atoms with Crippen molar-refractivity contribution in [3.8, 4) is 0 Å². The van der Waals surface area contributed by atoms with Crippen LogP contribution in [-0.4, -0.2) is 42.7 Å². The maximum Gasteiger partial charge on any atom is 0.178 e. The van der Waals surface area contributed by atoms with E-state index in [4.69, 9.17) is 4.74 Å². The van der Waals surface area contributed by atoms with E-state index in [-0.39, 0.29) is 5.78 Å². The van der Waals surface area contributed by atoms with E-state index in [2.05, 4.69) is 9.89 Å². The molecule has 0 spiro atoms. The van der Waals surface area contributed by atoms with Gasteiger partial charge in [0.15, 0.2) is 5.78 Å². The molecule has 0 bridgehead atoms. The normalized spacial score (nSPS) is 20.5. The van der Waals surface area contributed by atoms with Gasteiger partial charge in [-0.2, -0.15) is 0 Å². The number of aliphatic imine (C=N–C) groups is 1. The highest BCUT2D eigenvalue weighted by Crippen LogP contribution is 2.29. The highest BCUT2D eigenvalue weighted by atomic mass is 16.5. The van der Waals surface area contributed by atoms with Crippen LogP contribution in [0.2, 0.25) is 0 Å². The second-order valence-electron chi connectivity index (χ2n) is 5.92. The third-order valence-corrected chi connectivity index (χ3v) is 3.89. The molecule has 0 aromatic heterocycles. The second kappa shape index (κ2) is 7.55. The highest BCUT2D eigenvalue weighted by molar-refractivity contribution is 5.96. The molecular formula is C17H26N2O2. The summed E-state index contributed by atoms with van der Waals surface area (Å²) in [7, 11) is 0. The van der Waals surface area contributed by atoms with Crippen molar-refractivity contribution in [1.29, 1.82) is 0 Å². The third kappa shape index (κ3) is 4.53. The summed E-state index contributed by atoms with van der Waals surface area (Å²) in [4.78, 5) is 18.6. The molecule has 2 aliphatic rings. The van der Waals surface area contributed by atoms with Crippen molar-refractivity contribution in [2.24, 2.45) is 4.99 Å². The number of morpholine rings is 1. The Bertz CT molecular complexity index is 479. The van der Waals surface area contributed by atoms with Crippen LogP contribution in [0, 0.1) is 0 Å². The number of hydrogen-bond acceptors (Lipinski definition) is 4. The van der Waals surface area contributed by atoms with Crippen LogP contribution >= 0.6 is 0 Å². The first-order valence-corrected chi connectivity index (χ1v) is 7.87. The van der Waals surface area contributed by atoms with E-state index in [1.54, 1.807) is 6.92 Å². The Morgan fingerprint density at radius 3 is 2.43 bits per heavy atom. The van der Waals surface area contributed by atoms with Crippen molar-refractivity contribution in [1.82, 2.24) is 4.90 Å². The molecule has 0 N–H and O–H groups in total. The van der Waals surface area contributed by atoms with Gasteiger partial charge in [-0.25, -0.2) is 0 Å². The van der Waals surface area contributed by atoms with Crippen LogP contribution in [0.3, 0.4) is 0 Å². The second-order valence-corrected chi connectivity index (χ2v) is 5.92. The van der Waals surface area contributed by atoms with Crippen molar-refractivity contribution < 1.29 is 9.53 Å². The van der Waals surface area contributed by atoms with E-state index < -0.39 is 0 Å². The molecule has 21 heavy (non-hydrogen) atoms. The Labute approximate surface area is 127 Å². The molecule has 0 amide bonds. The molecule has 0 atom stereocenters. The van der Waals surface area contributed by atoms with Crippen molar-refractivity contribution in [2.75, 3.05) is 26.3 Å². The average Bonchev–Trinajstić information content (AvgIpc) is 2.47. The van der Waals surface area contributed by atoms with Gasteiger partial charge in [0, 0.05) is 31.4 Å². The van der Waals surface area contributed by atoms with Crippen molar-refractivity contribution in [2.45, 2.75) is 46.5 Å². The summed E-state index contributed by atoms with van der Waals surface area (Å²) in [6, 6.07) is 0. The van der Waals surface area contributed by atoms with Gasteiger partial charge in [-0.15, -0.1) is 0 Å². The Hall–Kier alpha value is -1.42. The topological polar surface area (TPSA) is 41.9 Å².